The van der Waals surface area contributed by atoms with Crippen molar-refractivity contribution in [3.63, 3.8) is 0 Å². The number of rotatable bonds is 1. The van der Waals surface area contributed by atoms with Gasteiger partial charge in [0.15, 0.2) is 6.72 Å². The van der Waals surface area contributed by atoms with Gasteiger partial charge in [0.25, 0.3) is 5.69 Å². The second-order valence-corrected chi connectivity index (χ2v) is 2.71. The number of hydrogen-bond donors (Lipinski definition) is 3. The first-order valence-electron chi connectivity index (χ1n) is 3.68. The predicted molar refractivity (Wildman–Crippen MR) is 47.7 cm³/mol. The fraction of sp³-hybridized carbons (Fsp3) is 0. The number of aromatic amines is 2. The maximum atomic E-state index is 10.9. The lowest BCUT2D eigenvalue weighted by molar-refractivity contribution is -0.706. The van der Waals surface area contributed by atoms with Crippen molar-refractivity contribution < 1.29 is 9.95 Å². The molecule has 0 unspecified atom stereocenters. The van der Waals surface area contributed by atoms with Gasteiger partial charge in [0.1, 0.15) is 0 Å². The Balaban J connectivity index is 2.74. The van der Waals surface area contributed by atoms with Crippen molar-refractivity contribution in [2.24, 2.45) is 0 Å². The van der Waals surface area contributed by atoms with Crippen molar-refractivity contribution in [1.82, 2.24) is 9.97 Å². The number of nitrogens with zero attached hydrogens (tertiary/aromatic N) is 1. The molecule has 1 aromatic carbocycles. The zero-order valence-corrected chi connectivity index (χ0v) is 6.74. The molecule has 0 atom stereocenters. The van der Waals surface area contributed by atoms with Crippen LogP contribution in [0.4, 0.5) is 5.69 Å². The SMILES string of the molecule is C=[N+](O)c1ccc2[nH]c(=O)[nH]c2c1. The molecule has 1 heterocycles. The predicted octanol–water partition coefficient (Wildman–Crippen LogP) is 0.590. The Bertz CT molecular complexity index is 523. The fourth-order valence-corrected chi connectivity index (χ4v) is 1.18. The smallest absolute Gasteiger partial charge is 0.306 e. The van der Waals surface area contributed by atoms with Crippen LogP contribution < -0.4 is 5.69 Å². The van der Waals surface area contributed by atoms with Crippen molar-refractivity contribution in [3.8, 4) is 0 Å². The van der Waals surface area contributed by atoms with Crippen molar-refractivity contribution in [3.05, 3.63) is 28.7 Å². The van der Waals surface area contributed by atoms with Crippen LogP contribution in [0, 0.1) is 0 Å². The largest absolute Gasteiger partial charge is 0.323 e. The standard InChI is InChI=1S/C8H7N3O2/c1-11(13)5-2-3-6-7(4-5)10-8(12)9-6/h2-4H,1H2,(H2-,9,10,12,13)/p+1. The minimum atomic E-state index is -0.263. The quantitative estimate of drug-likeness (QED) is 0.259. The zero-order chi connectivity index (χ0) is 9.42. The molecule has 1 aromatic heterocycles. The average Bonchev–Trinajstić information content (AvgIpc) is 2.42. The maximum Gasteiger partial charge on any atom is 0.323 e. The number of H-pyrrole nitrogens is 2. The molecule has 5 heteroatoms. The molecule has 0 amide bonds. The number of imidazole rings is 1. The van der Waals surface area contributed by atoms with E-state index >= 15 is 0 Å². The van der Waals surface area contributed by atoms with Gasteiger partial charge in [-0.3, -0.25) is 5.21 Å². The Hall–Kier alpha value is -2.04. The summed E-state index contributed by atoms with van der Waals surface area (Å²) in [5.74, 6) is 0. The lowest BCUT2D eigenvalue weighted by atomic mass is 10.3. The van der Waals surface area contributed by atoms with Crippen molar-refractivity contribution in [2.45, 2.75) is 0 Å². The van der Waals surface area contributed by atoms with Gasteiger partial charge in [0, 0.05) is 16.9 Å². The van der Waals surface area contributed by atoms with E-state index in [1.807, 2.05) is 0 Å². The van der Waals surface area contributed by atoms with Gasteiger partial charge in [-0.05, 0) is 6.07 Å². The number of aromatic nitrogens is 2. The van der Waals surface area contributed by atoms with Crippen LogP contribution in [0.25, 0.3) is 11.0 Å². The minimum Gasteiger partial charge on any atom is -0.306 e. The number of benzene rings is 1. The summed E-state index contributed by atoms with van der Waals surface area (Å²) in [6.07, 6.45) is 0. The Morgan fingerprint density at radius 3 is 2.69 bits per heavy atom. The summed E-state index contributed by atoms with van der Waals surface area (Å²) in [6, 6.07) is 4.97. The van der Waals surface area contributed by atoms with Gasteiger partial charge in [-0.25, -0.2) is 4.79 Å². The molecule has 3 N–H and O–H groups in total. The van der Waals surface area contributed by atoms with Gasteiger partial charge in [0.2, 0.25) is 0 Å². The van der Waals surface area contributed by atoms with E-state index in [2.05, 4.69) is 16.7 Å². The van der Waals surface area contributed by atoms with Crippen molar-refractivity contribution in [1.29, 1.82) is 0 Å². The van der Waals surface area contributed by atoms with Crippen molar-refractivity contribution >= 4 is 23.4 Å². The van der Waals surface area contributed by atoms with Gasteiger partial charge < -0.3 is 9.97 Å². The van der Waals surface area contributed by atoms with Gasteiger partial charge in [-0.15, -0.1) is 0 Å². The molecule has 0 spiro atoms. The highest BCUT2D eigenvalue weighted by Gasteiger charge is 2.06. The number of nitrogens with one attached hydrogen (secondary N) is 2. The molecule has 0 saturated carbocycles. The Labute approximate surface area is 72.9 Å². The van der Waals surface area contributed by atoms with E-state index in [4.69, 9.17) is 5.21 Å². The first-order chi connectivity index (χ1) is 6.16. The zero-order valence-electron chi connectivity index (χ0n) is 6.74. The summed E-state index contributed by atoms with van der Waals surface area (Å²) in [6.45, 7) is 3.31. The molecular formula is C8H8N3O2+. The van der Waals surface area contributed by atoms with Crippen LogP contribution in [0.3, 0.4) is 0 Å². The molecule has 0 bridgehead atoms. The van der Waals surface area contributed by atoms with Gasteiger partial charge in [-0.1, -0.05) is 0 Å². The molecule has 2 rings (SSSR count). The van der Waals surface area contributed by atoms with Crippen LogP contribution in [0.1, 0.15) is 0 Å². The van der Waals surface area contributed by atoms with Crippen LogP contribution in [0.2, 0.25) is 0 Å². The second-order valence-electron chi connectivity index (χ2n) is 2.71. The molecule has 0 aliphatic rings. The number of hydrogen-bond acceptors (Lipinski definition) is 2. The van der Waals surface area contributed by atoms with Crippen LogP contribution in [-0.2, 0) is 0 Å². The lowest BCUT2D eigenvalue weighted by Gasteiger charge is -1.90. The third-order valence-corrected chi connectivity index (χ3v) is 1.80. The van der Waals surface area contributed by atoms with Crippen LogP contribution in [0.5, 0.6) is 0 Å². The summed E-state index contributed by atoms with van der Waals surface area (Å²) >= 11 is 0. The summed E-state index contributed by atoms with van der Waals surface area (Å²) in [4.78, 5) is 16.0. The Kier molecular flexibility index (Phi) is 1.45. The summed E-state index contributed by atoms with van der Waals surface area (Å²) in [5, 5.41) is 9.01. The number of fused-ring (bicyclic) bond motifs is 1. The molecule has 66 valence electrons. The fourth-order valence-electron chi connectivity index (χ4n) is 1.18. The first kappa shape index (κ1) is 7.60. The molecule has 0 aliphatic carbocycles. The molecular weight excluding hydrogens is 170 g/mol. The summed E-state index contributed by atoms with van der Waals surface area (Å²) in [7, 11) is 0. The van der Waals surface area contributed by atoms with E-state index < -0.39 is 0 Å². The second kappa shape index (κ2) is 2.48. The van der Waals surface area contributed by atoms with Crippen LogP contribution in [0.15, 0.2) is 23.0 Å². The van der Waals surface area contributed by atoms with Crippen molar-refractivity contribution in [2.75, 3.05) is 0 Å². The van der Waals surface area contributed by atoms with Crippen LogP contribution in [-0.4, -0.2) is 26.6 Å². The highest BCUT2D eigenvalue weighted by molar-refractivity contribution is 5.77. The Morgan fingerprint density at radius 2 is 2.00 bits per heavy atom. The molecule has 5 nitrogen and oxygen atoms in total. The van der Waals surface area contributed by atoms with E-state index in [1.165, 1.54) is 0 Å². The third-order valence-electron chi connectivity index (χ3n) is 1.80. The van der Waals surface area contributed by atoms with E-state index in [0.717, 1.165) is 4.74 Å². The summed E-state index contributed by atoms with van der Waals surface area (Å²) in [5.41, 5.74) is 1.60. The molecule has 0 fully saturated rings. The van der Waals surface area contributed by atoms with Gasteiger partial charge in [-0.2, -0.15) is 0 Å². The molecule has 0 aliphatic heterocycles. The third kappa shape index (κ3) is 1.20. The molecule has 13 heavy (non-hydrogen) atoms. The monoisotopic (exact) mass is 178 g/mol. The highest BCUT2D eigenvalue weighted by Crippen LogP contribution is 2.15. The molecule has 0 saturated heterocycles. The molecule has 2 aromatic rings. The lowest BCUT2D eigenvalue weighted by Crippen LogP contribution is -1.99. The van der Waals surface area contributed by atoms with E-state index in [1.54, 1.807) is 18.2 Å². The summed E-state index contributed by atoms with van der Waals surface area (Å²) < 4.78 is 0.741. The maximum absolute atomic E-state index is 10.9. The minimum absolute atomic E-state index is 0.263. The normalized spacial score (nSPS) is 10.5. The highest BCUT2D eigenvalue weighted by atomic mass is 16.5. The van der Waals surface area contributed by atoms with E-state index in [0.29, 0.717) is 16.7 Å². The topological polar surface area (TPSA) is 71.9 Å². The Morgan fingerprint density at radius 1 is 1.31 bits per heavy atom. The van der Waals surface area contributed by atoms with Gasteiger partial charge >= 0.3 is 5.69 Å². The van der Waals surface area contributed by atoms with E-state index in [9.17, 15) is 4.79 Å². The van der Waals surface area contributed by atoms with E-state index in [-0.39, 0.29) is 5.69 Å². The van der Waals surface area contributed by atoms with Crippen LogP contribution >= 0.6 is 0 Å². The average molecular weight is 178 g/mol. The molecule has 0 radical (unpaired) electrons. The first-order valence-corrected chi connectivity index (χ1v) is 3.68. The van der Waals surface area contributed by atoms with Gasteiger partial charge in [0.05, 0.1) is 11.0 Å².